The van der Waals surface area contributed by atoms with Crippen LogP contribution in [0.4, 0.5) is 17.6 Å². The molecule has 12 heterocycles. The number of benzene rings is 4. The van der Waals surface area contributed by atoms with Gasteiger partial charge in [0.1, 0.15) is 79.6 Å². The van der Waals surface area contributed by atoms with Crippen molar-refractivity contribution >= 4 is 37.2 Å². The molecule has 7 aromatic rings. The molecule has 624 valence electrons. The van der Waals surface area contributed by atoms with Crippen molar-refractivity contribution < 1.29 is 142 Å². The number of hydrogen-bond donors (Lipinski definition) is 8. The number of alkyl halides is 4. The first-order valence-corrected chi connectivity index (χ1v) is 40.3. The highest BCUT2D eigenvalue weighted by atomic mass is 31.2. The van der Waals surface area contributed by atoms with E-state index in [4.69, 9.17) is 81.5 Å². The average molecular weight is 1720 g/mol. The molecule has 4 fully saturated rings. The Morgan fingerprint density at radius 2 is 0.784 bits per heavy atom. The fourth-order valence-electron chi connectivity index (χ4n) is 12.3. The van der Waals surface area contributed by atoms with Crippen LogP contribution in [0.3, 0.4) is 0 Å². The van der Waals surface area contributed by atoms with Crippen LogP contribution in [0.2, 0.25) is 0 Å². The lowest BCUT2D eigenvalue weighted by Gasteiger charge is -2.33. The molecule has 0 saturated carbocycles. The number of aryl methyl sites for hydroxylation is 4. The molecule has 39 nitrogen and oxygen atoms in total. The van der Waals surface area contributed by atoms with E-state index < -0.39 is 196 Å². The Morgan fingerprint density at radius 3 is 1.17 bits per heavy atom. The minimum atomic E-state index is -4.64. The van der Waals surface area contributed by atoms with Crippen LogP contribution in [-0.4, -0.2) is 140 Å². The molecular weight excluding hydrogens is 1640 g/mol. The molecule has 4 saturated heterocycles. The third kappa shape index (κ3) is 19.2. The molecule has 0 aliphatic carbocycles. The number of aliphatic hydroxyl groups excluding tert-OH is 4. The molecule has 3 aromatic heterocycles. The SMILES string of the molecule is Cc1cccc2c1OP(=O)(OC[C@]1(F)C[C@@H](O)[C@H](n3ccc(=O)[nH]c3=O)O1)OC2.[2H]C([2H])(OP1(=O)OCc2cccc(C)c2O1)[C@]1(F)C[C@@H](O)[C@H](n2ccc(=O)[nH]c2=O)O1.[2H]C([2H])(OP1(=O)OCc2cccc(C)c2O1)[C@]1(F)C[C@@H](O)[C@]([2H])(N2C=CC(=O)NC2=C)O1.[2H][C@@]1(n2ccc(=O)[nH]c2=O)O[C@](F)(COP2(=O)OCc3cccc(C)c3O2)C[C@H]1O. The van der Waals surface area contributed by atoms with Crippen LogP contribution >= 0.6 is 31.3 Å². The molecule has 47 heteroatoms. The van der Waals surface area contributed by atoms with Gasteiger partial charge in [0.15, 0.2) is 24.9 Å². The van der Waals surface area contributed by atoms with Gasteiger partial charge in [-0.25, -0.2) is 50.2 Å². The number of aromatic nitrogens is 6. The Labute approximate surface area is 659 Å². The van der Waals surface area contributed by atoms with Crippen molar-refractivity contribution in [3.05, 3.63) is 241 Å². The lowest BCUT2D eigenvalue weighted by Crippen LogP contribution is -2.45. The minimum absolute atomic E-state index is 0.0353. The fraction of sp³-hybridized carbons (Fsp3) is 0.406. The number of fused-ring (bicyclic) bond motifs is 4. The van der Waals surface area contributed by atoms with Crippen molar-refractivity contribution in [3.8, 4) is 23.0 Å². The fourth-order valence-corrected chi connectivity index (χ4v) is 17.2. The molecule has 4 unspecified atom stereocenters. The van der Waals surface area contributed by atoms with Gasteiger partial charge < -0.3 is 67.7 Å². The standard InChI is InChI=1S/C18H20FN2O7P.3C17H18FN2O8P/c1-11-4-3-5-13-9-25-29(24,28-16(11)13)26-10-18(19)8-14(22)17(27-18)21-7-6-15(23)20-12(21)2;3*1-10-3-2-4-11-8-25-29(24,28-14(10)11)26-9-17(18)7-12(21)15(27-17)20-6-5-13(22)19-16(20)23/h3-7,14,17,22H,2,8-10H2,1H3,(H,20,23);3*2-6,12,15,21H,7-9H2,1H3,(H,19,22,23)/t14-,17-,18+,29?;3*12-,15-,17+,29?/m1111/s1/i10D2,17D;15D;9D2;. The van der Waals surface area contributed by atoms with E-state index in [1.165, 1.54) is 0 Å². The molecule has 8 N–H and O–H groups in total. The Hall–Kier alpha value is -9.13. The molecule has 1 amide bonds. The smallest absolute Gasteiger partial charge is 0.403 e. The van der Waals surface area contributed by atoms with E-state index in [0.29, 0.717) is 59.6 Å². The van der Waals surface area contributed by atoms with Gasteiger partial charge in [0, 0.05) is 97.0 Å². The van der Waals surface area contributed by atoms with E-state index in [1.54, 1.807) is 100 Å². The highest BCUT2D eigenvalue weighted by Gasteiger charge is 2.55. The number of nitrogens with zero attached hydrogens (tertiary/aromatic N) is 4. The Kier molecular flexibility index (Phi) is 22.1. The number of rotatable bonds is 16. The monoisotopic (exact) mass is 1720 g/mol. The summed E-state index contributed by atoms with van der Waals surface area (Å²) in [7, 11) is -17.6. The lowest BCUT2D eigenvalue weighted by molar-refractivity contribution is -0.184. The largest absolute Gasteiger partial charge is 0.530 e. The van der Waals surface area contributed by atoms with Gasteiger partial charge in [0.05, 0.1) is 34.7 Å². The van der Waals surface area contributed by atoms with Crippen LogP contribution in [0.1, 0.15) is 97.1 Å². The third-order valence-electron chi connectivity index (χ3n) is 17.8. The summed E-state index contributed by atoms with van der Waals surface area (Å²) in [5.41, 5.74) is -0.0377. The van der Waals surface area contributed by atoms with Crippen molar-refractivity contribution in [2.24, 2.45) is 0 Å². The maximum absolute atomic E-state index is 15.7. The van der Waals surface area contributed by atoms with Crippen molar-refractivity contribution in [2.45, 2.75) is 153 Å². The summed E-state index contributed by atoms with van der Waals surface area (Å²) in [6, 6.07) is 23.5. The zero-order chi connectivity index (χ0) is 88.7. The maximum atomic E-state index is 15.7. The normalized spacial score (nSPS) is 34.2. The number of aliphatic hydroxyl groups is 4. The zero-order valence-electron chi connectivity index (χ0n) is 66.7. The quantitative estimate of drug-likeness (QED) is 0.0364. The van der Waals surface area contributed by atoms with Gasteiger partial charge in [0.2, 0.25) is 23.4 Å². The molecule has 4 aromatic carbocycles. The number of ether oxygens (including phenoxy) is 4. The molecule has 0 radical (unpaired) electrons. The van der Waals surface area contributed by atoms with Gasteiger partial charge >= 0.3 is 48.4 Å². The predicted molar refractivity (Wildman–Crippen MR) is 386 cm³/mol. The lowest BCUT2D eigenvalue weighted by atomic mass is 10.1. The molecular formula is C69H74F4N8O31P4. The van der Waals surface area contributed by atoms with Gasteiger partial charge in [-0.2, -0.15) is 0 Å². The number of halogens is 4. The van der Waals surface area contributed by atoms with Crippen molar-refractivity contribution in [3.63, 3.8) is 0 Å². The van der Waals surface area contributed by atoms with Crippen LogP contribution in [-0.2, 0) is 105 Å². The molecule has 16 atom stereocenters. The van der Waals surface area contributed by atoms with Crippen LogP contribution in [0.15, 0.2) is 163 Å². The van der Waals surface area contributed by atoms with E-state index in [-0.39, 0.29) is 43.7 Å². The van der Waals surface area contributed by atoms with E-state index in [2.05, 4.69) is 11.9 Å². The summed E-state index contributed by atoms with van der Waals surface area (Å²) in [5.74, 6) is -11.9. The van der Waals surface area contributed by atoms with Gasteiger partial charge in [-0.15, -0.1) is 0 Å². The number of phosphoric acid groups is 4. The van der Waals surface area contributed by atoms with Gasteiger partial charge in [0.25, 0.3) is 22.6 Å². The van der Waals surface area contributed by atoms with Gasteiger partial charge in [-0.1, -0.05) is 79.4 Å². The Bertz CT molecular complexity index is 5920. The van der Waals surface area contributed by atoms with Crippen molar-refractivity contribution in [2.75, 3.05) is 26.3 Å². The van der Waals surface area contributed by atoms with Crippen LogP contribution < -0.4 is 57.2 Å². The molecule has 9 aliphatic heterocycles. The molecule has 0 bridgehead atoms. The second-order valence-corrected chi connectivity index (χ2v) is 32.9. The Morgan fingerprint density at radius 1 is 0.466 bits per heavy atom. The summed E-state index contributed by atoms with van der Waals surface area (Å²) in [6.07, 6.45) is -13.5. The number of aromatic amines is 3. The van der Waals surface area contributed by atoms with Crippen molar-refractivity contribution in [1.29, 1.82) is 0 Å². The van der Waals surface area contributed by atoms with Crippen LogP contribution in [0, 0.1) is 27.7 Å². The van der Waals surface area contributed by atoms with Crippen LogP contribution in [0.5, 0.6) is 23.0 Å². The maximum Gasteiger partial charge on any atom is 0.530 e. The third-order valence-corrected chi connectivity index (χ3v) is 22.8. The minimum Gasteiger partial charge on any atom is -0.403 e. The van der Waals surface area contributed by atoms with E-state index in [0.717, 1.165) is 64.1 Å². The number of carbonyl (C=O) groups excluding carboxylic acids is 1. The number of carbonyl (C=O) groups is 1. The number of phosphoric ester groups is 4. The first-order valence-electron chi connectivity index (χ1n) is 37.4. The first-order chi connectivity index (χ1) is 56.9. The summed E-state index contributed by atoms with van der Waals surface area (Å²) in [4.78, 5) is 87.4. The number of nitrogens with one attached hydrogen (secondary N) is 4. The number of amides is 1. The molecule has 0 spiro atoms. The second-order valence-electron chi connectivity index (χ2n) is 26.7. The van der Waals surface area contributed by atoms with Crippen LogP contribution in [0.25, 0.3) is 0 Å². The number of hydrogen-bond acceptors (Lipinski definition) is 32. The summed E-state index contributed by atoms with van der Waals surface area (Å²) >= 11 is 0. The average Bonchev–Trinajstić information content (AvgIpc) is 1.57. The highest BCUT2D eigenvalue weighted by Crippen LogP contribution is 2.61. The number of para-hydroxylation sites is 4. The van der Waals surface area contributed by atoms with Crippen molar-refractivity contribution in [1.82, 2.24) is 38.9 Å². The molecule has 16 rings (SSSR count). The molecule has 116 heavy (non-hydrogen) atoms. The second kappa shape index (κ2) is 33.3. The summed E-state index contributed by atoms with van der Waals surface area (Å²) in [6.45, 7) is 1.03. The zero-order valence-corrected chi connectivity index (χ0v) is 64.3. The van der Waals surface area contributed by atoms with E-state index in [1.807, 2.05) is 15.0 Å². The highest BCUT2D eigenvalue weighted by molar-refractivity contribution is 7.49. The summed E-state index contributed by atoms with van der Waals surface area (Å²) in [5, 5.41) is 43.2. The predicted octanol–water partition coefficient (Wildman–Crippen LogP) is 6.79. The molecule has 9 aliphatic rings. The van der Waals surface area contributed by atoms with E-state index in [9.17, 15) is 72.2 Å². The van der Waals surface area contributed by atoms with Gasteiger partial charge in [-0.3, -0.25) is 84.0 Å². The van der Waals surface area contributed by atoms with E-state index >= 15 is 17.6 Å². The number of H-pyrrole nitrogens is 3. The Balaban J connectivity index is 0.000000140. The topological polar surface area (TPSA) is 494 Å². The summed E-state index contributed by atoms with van der Waals surface area (Å²) < 4.78 is 245. The first kappa shape index (κ1) is 76.8. The van der Waals surface area contributed by atoms with Gasteiger partial charge in [-0.05, 0) is 49.9 Å².